The third-order valence-corrected chi connectivity index (χ3v) is 5.57. The highest BCUT2D eigenvalue weighted by atomic mass is 28.3. The molecule has 0 N–H and O–H groups in total. The van der Waals surface area contributed by atoms with Crippen LogP contribution in [0.2, 0.25) is 25.2 Å². The second-order valence-corrected chi connectivity index (χ2v) is 10.5. The van der Waals surface area contributed by atoms with Gasteiger partial charge >= 0.3 is 0 Å². The van der Waals surface area contributed by atoms with E-state index in [1.54, 1.807) is 0 Å². The first-order valence-electron chi connectivity index (χ1n) is 5.27. The molecule has 0 aromatic heterocycles. The number of rotatable bonds is 1. The van der Waals surface area contributed by atoms with Gasteiger partial charge in [-0.05, 0) is 24.8 Å². The zero-order valence-corrected chi connectivity index (χ0v) is 9.77. The molecule has 70 valence electrons. The van der Waals surface area contributed by atoms with Gasteiger partial charge in [-0.2, -0.15) is 0 Å². The summed E-state index contributed by atoms with van der Waals surface area (Å²) in [5, 5.41) is 0. The molecule has 0 radical (unpaired) electrons. The largest absolute Gasteiger partial charge is 0.0885 e. The summed E-state index contributed by atoms with van der Waals surface area (Å²) in [6.07, 6.45) is 12.0. The Bertz CT molecular complexity index is 153. The topological polar surface area (TPSA) is 0 Å². The van der Waals surface area contributed by atoms with Crippen molar-refractivity contribution in [3.05, 3.63) is 12.2 Å². The average molecular weight is 182 g/mol. The molecule has 1 heteroatoms. The van der Waals surface area contributed by atoms with Crippen molar-refractivity contribution in [1.29, 1.82) is 0 Å². The highest BCUT2D eigenvalue weighted by molar-refractivity contribution is 6.78. The van der Waals surface area contributed by atoms with E-state index in [1.807, 2.05) is 0 Å². The minimum absolute atomic E-state index is 0.898. The van der Waals surface area contributed by atoms with Crippen molar-refractivity contribution in [3.63, 3.8) is 0 Å². The van der Waals surface area contributed by atoms with Gasteiger partial charge in [0.1, 0.15) is 0 Å². The van der Waals surface area contributed by atoms with Crippen LogP contribution in [0.15, 0.2) is 12.2 Å². The number of allylic oxidation sites excluding steroid dienone is 2. The zero-order valence-electron chi connectivity index (χ0n) is 8.77. The van der Waals surface area contributed by atoms with Crippen LogP contribution >= 0.6 is 0 Å². The predicted molar refractivity (Wildman–Crippen MR) is 59.3 cm³/mol. The molecule has 0 amide bonds. The molecule has 0 fully saturated rings. The van der Waals surface area contributed by atoms with Crippen LogP contribution in [0.4, 0.5) is 0 Å². The summed E-state index contributed by atoms with van der Waals surface area (Å²) in [5.74, 6) is 0. The molecule has 0 heterocycles. The Morgan fingerprint density at radius 2 is 1.83 bits per heavy atom. The highest BCUT2D eigenvalue weighted by Gasteiger charge is 2.23. The number of hydrogen-bond acceptors (Lipinski definition) is 0. The summed E-state index contributed by atoms with van der Waals surface area (Å²) in [6, 6.07) is 0. The Labute approximate surface area is 78.1 Å². The fraction of sp³-hybridized carbons (Fsp3) is 0.818. The Kier molecular flexibility index (Phi) is 3.57. The van der Waals surface area contributed by atoms with Gasteiger partial charge in [0.2, 0.25) is 0 Å². The van der Waals surface area contributed by atoms with Crippen LogP contribution in [-0.2, 0) is 0 Å². The number of hydrogen-bond donors (Lipinski definition) is 0. The van der Waals surface area contributed by atoms with Crippen LogP contribution in [0.3, 0.4) is 0 Å². The molecular weight excluding hydrogens is 160 g/mol. The van der Waals surface area contributed by atoms with E-state index in [0.717, 1.165) is 5.54 Å². The third-order valence-electron chi connectivity index (χ3n) is 2.87. The van der Waals surface area contributed by atoms with Crippen molar-refractivity contribution in [2.24, 2.45) is 0 Å². The van der Waals surface area contributed by atoms with E-state index in [0.29, 0.717) is 0 Å². The van der Waals surface area contributed by atoms with E-state index in [2.05, 4.69) is 31.8 Å². The summed E-state index contributed by atoms with van der Waals surface area (Å²) < 4.78 is 0. The molecule has 0 saturated heterocycles. The van der Waals surface area contributed by atoms with Crippen molar-refractivity contribution in [1.82, 2.24) is 0 Å². The molecule has 12 heavy (non-hydrogen) atoms. The summed E-state index contributed by atoms with van der Waals surface area (Å²) in [5.41, 5.74) is 0.942. The van der Waals surface area contributed by atoms with E-state index >= 15 is 0 Å². The van der Waals surface area contributed by atoms with E-state index in [1.165, 1.54) is 32.1 Å². The molecule has 1 atom stereocenters. The molecule has 1 rings (SSSR count). The van der Waals surface area contributed by atoms with Gasteiger partial charge in [0.15, 0.2) is 0 Å². The minimum atomic E-state index is -0.898. The first-order valence-corrected chi connectivity index (χ1v) is 8.85. The van der Waals surface area contributed by atoms with Crippen molar-refractivity contribution >= 4 is 8.07 Å². The van der Waals surface area contributed by atoms with Crippen molar-refractivity contribution < 1.29 is 0 Å². The molecule has 0 nitrogen and oxygen atoms in total. The Balaban J connectivity index is 2.55. The molecule has 0 spiro atoms. The molecule has 0 aliphatic heterocycles. The van der Waals surface area contributed by atoms with Gasteiger partial charge in [0.25, 0.3) is 0 Å². The molecular formula is C11H22Si. The standard InChI is InChI=1S/C11H22Si/c1-12(2,3)11-9-7-5-4-6-8-10-11/h7,9,11H,4-6,8,10H2,1-3H3. The smallest absolute Gasteiger partial charge is 0.0513 e. The van der Waals surface area contributed by atoms with Gasteiger partial charge in [0, 0.05) is 0 Å². The van der Waals surface area contributed by atoms with Crippen LogP contribution in [0.25, 0.3) is 0 Å². The van der Waals surface area contributed by atoms with Crippen LogP contribution < -0.4 is 0 Å². The molecule has 0 aromatic carbocycles. The first-order chi connectivity index (χ1) is 5.61. The molecule has 1 unspecified atom stereocenters. The highest BCUT2D eigenvalue weighted by Crippen LogP contribution is 2.30. The van der Waals surface area contributed by atoms with E-state index in [4.69, 9.17) is 0 Å². The quantitative estimate of drug-likeness (QED) is 0.421. The Morgan fingerprint density at radius 3 is 2.50 bits per heavy atom. The predicted octanol–water partition coefficient (Wildman–Crippen LogP) is 4.22. The van der Waals surface area contributed by atoms with E-state index in [9.17, 15) is 0 Å². The van der Waals surface area contributed by atoms with Crippen molar-refractivity contribution in [2.45, 2.75) is 57.3 Å². The van der Waals surface area contributed by atoms with Crippen molar-refractivity contribution in [3.8, 4) is 0 Å². The molecule has 1 aliphatic carbocycles. The maximum atomic E-state index is 2.51. The van der Waals surface area contributed by atoms with Gasteiger partial charge in [-0.25, -0.2) is 0 Å². The fourth-order valence-electron chi connectivity index (χ4n) is 1.88. The molecule has 0 bridgehead atoms. The summed E-state index contributed by atoms with van der Waals surface area (Å²) in [4.78, 5) is 0. The molecule has 1 aliphatic rings. The summed E-state index contributed by atoms with van der Waals surface area (Å²) >= 11 is 0. The average Bonchev–Trinajstić information content (AvgIpc) is 1.81. The van der Waals surface area contributed by atoms with Crippen LogP contribution in [-0.4, -0.2) is 8.07 Å². The SMILES string of the molecule is C[Si](C)(C)C1C=CCCCCC1. The van der Waals surface area contributed by atoms with Crippen LogP contribution in [0.5, 0.6) is 0 Å². The lowest BCUT2D eigenvalue weighted by Crippen LogP contribution is -2.27. The Hall–Kier alpha value is -0.0431. The summed E-state index contributed by atoms with van der Waals surface area (Å²) in [6.45, 7) is 7.47. The molecule has 0 aromatic rings. The maximum absolute atomic E-state index is 2.51. The van der Waals surface area contributed by atoms with E-state index in [-0.39, 0.29) is 0 Å². The third kappa shape index (κ3) is 3.14. The van der Waals surface area contributed by atoms with Gasteiger partial charge in [0.05, 0.1) is 8.07 Å². The van der Waals surface area contributed by atoms with E-state index < -0.39 is 8.07 Å². The molecule has 0 saturated carbocycles. The van der Waals surface area contributed by atoms with Crippen LogP contribution in [0.1, 0.15) is 32.1 Å². The second kappa shape index (κ2) is 4.27. The minimum Gasteiger partial charge on any atom is -0.0885 e. The first kappa shape index (κ1) is 10.0. The fourth-order valence-corrected chi connectivity index (χ4v) is 3.67. The Morgan fingerprint density at radius 1 is 1.08 bits per heavy atom. The summed E-state index contributed by atoms with van der Waals surface area (Å²) in [7, 11) is -0.898. The lowest BCUT2D eigenvalue weighted by Gasteiger charge is -2.27. The second-order valence-electron chi connectivity index (χ2n) is 5.04. The van der Waals surface area contributed by atoms with Gasteiger partial charge in [-0.15, -0.1) is 0 Å². The lowest BCUT2D eigenvalue weighted by molar-refractivity contribution is 0.630. The normalized spacial score (nSPS) is 26.4. The van der Waals surface area contributed by atoms with Gasteiger partial charge < -0.3 is 0 Å². The van der Waals surface area contributed by atoms with Gasteiger partial charge in [-0.1, -0.05) is 44.6 Å². The van der Waals surface area contributed by atoms with Gasteiger partial charge in [-0.3, -0.25) is 0 Å². The maximum Gasteiger partial charge on any atom is 0.0513 e. The monoisotopic (exact) mass is 182 g/mol. The zero-order chi connectivity index (χ0) is 9.03. The lowest BCUT2D eigenvalue weighted by atomic mass is 10.1. The van der Waals surface area contributed by atoms with Crippen molar-refractivity contribution in [2.75, 3.05) is 0 Å². The van der Waals surface area contributed by atoms with Crippen LogP contribution in [0, 0.1) is 0 Å².